The van der Waals surface area contributed by atoms with Crippen LogP contribution in [-0.4, -0.2) is 25.7 Å². The van der Waals surface area contributed by atoms with Gasteiger partial charge in [-0.2, -0.15) is 0 Å². The van der Waals surface area contributed by atoms with Crippen LogP contribution in [0.5, 0.6) is 0 Å². The molecule has 2 heteroatoms. The molecule has 4 aliphatic carbocycles. The Kier molecular flexibility index (Phi) is 4.67. The molecule has 7 unspecified atom stereocenters. The number of rotatable bonds is 3. The maximum atomic E-state index is 11.6. The third-order valence-corrected chi connectivity index (χ3v) is 11.7. The zero-order valence-electron chi connectivity index (χ0n) is 16.2. The van der Waals surface area contributed by atoms with Crippen LogP contribution in [0.15, 0.2) is 0 Å². The third-order valence-electron chi connectivity index (χ3n) is 9.45. The molecular weight excluding hydrogens is 359 g/mol. The molecule has 1 nitrogen and oxygen atoms in total. The van der Waals surface area contributed by atoms with E-state index in [9.17, 15) is 5.11 Å². The Bertz CT molecular complexity index is 479. The second-order valence-corrected chi connectivity index (χ2v) is 12.7. The Morgan fingerprint density at radius 1 is 0.917 bits per heavy atom. The molecule has 0 spiro atoms. The maximum absolute atomic E-state index is 11.6. The number of fused-ring (bicyclic) bond motifs is 5. The fraction of sp³-hybridized carbons (Fsp3) is 1.00. The molecule has 0 aromatic heterocycles. The van der Waals surface area contributed by atoms with Crippen molar-refractivity contribution < 1.29 is 5.11 Å². The van der Waals surface area contributed by atoms with Crippen LogP contribution >= 0.6 is 0 Å². The summed E-state index contributed by atoms with van der Waals surface area (Å²) in [6, 6.07) is 0. The first kappa shape index (κ1) is 17.9. The average molecular weight is 398 g/mol. The monoisotopic (exact) mass is 398 g/mol. The third kappa shape index (κ3) is 2.42. The van der Waals surface area contributed by atoms with Crippen molar-refractivity contribution >= 4 is 15.0 Å². The predicted molar refractivity (Wildman–Crippen MR) is 102 cm³/mol. The van der Waals surface area contributed by atoms with Crippen molar-refractivity contribution in [1.82, 2.24) is 0 Å². The van der Waals surface area contributed by atoms with Gasteiger partial charge in [-0.1, -0.05) is 0 Å². The summed E-state index contributed by atoms with van der Waals surface area (Å²) < 4.78 is 0. The van der Waals surface area contributed by atoms with E-state index in [1.54, 1.807) is 0 Å². The van der Waals surface area contributed by atoms with Gasteiger partial charge in [0.1, 0.15) is 0 Å². The van der Waals surface area contributed by atoms with Gasteiger partial charge in [0, 0.05) is 0 Å². The normalized spacial score (nSPS) is 54.0. The van der Waals surface area contributed by atoms with Crippen LogP contribution in [0.2, 0.25) is 10.6 Å². The SMILES string of the molecule is CC[Se]CC1(O)CCC2C3CCC4CCCCC4(C)C3CCC21C. The van der Waals surface area contributed by atoms with Gasteiger partial charge in [0.05, 0.1) is 0 Å². The van der Waals surface area contributed by atoms with Crippen molar-refractivity contribution in [1.29, 1.82) is 0 Å². The van der Waals surface area contributed by atoms with Crippen LogP contribution in [-0.2, 0) is 0 Å². The van der Waals surface area contributed by atoms with Crippen LogP contribution in [0, 0.1) is 34.5 Å². The summed E-state index contributed by atoms with van der Waals surface area (Å²) in [7, 11) is 0. The van der Waals surface area contributed by atoms with Gasteiger partial charge in [-0.3, -0.25) is 0 Å². The number of hydrogen-bond donors (Lipinski definition) is 1. The molecule has 138 valence electrons. The van der Waals surface area contributed by atoms with Gasteiger partial charge >= 0.3 is 156 Å². The van der Waals surface area contributed by atoms with Gasteiger partial charge in [-0.15, -0.1) is 0 Å². The van der Waals surface area contributed by atoms with Crippen molar-refractivity contribution in [2.45, 2.75) is 101 Å². The summed E-state index contributed by atoms with van der Waals surface area (Å²) in [5.74, 6) is 3.72. The first-order chi connectivity index (χ1) is 11.4. The van der Waals surface area contributed by atoms with E-state index in [4.69, 9.17) is 0 Å². The molecule has 0 heterocycles. The standard InChI is InChI=1S/C22H38OSe/c1-4-24-15-22(23)14-11-19-17-9-8-16-7-5-6-12-20(16,2)18(17)10-13-21(19,22)3/h16-19,23H,4-15H2,1-3H3. The Balaban J connectivity index is 1.59. The Morgan fingerprint density at radius 2 is 1.71 bits per heavy atom. The number of hydrogen-bond acceptors (Lipinski definition) is 1. The fourth-order valence-electron chi connectivity index (χ4n) is 7.91. The fourth-order valence-corrected chi connectivity index (χ4v) is 10.0. The summed E-state index contributed by atoms with van der Waals surface area (Å²) in [5, 5.41) is 14.0. The second-order valence-electron chi connectivity index (χ2n) is 10.1. The van der Waals surface area contributed by atoms with Gasteiger partial charge in [-0.05, 0) is 0 Å². The van der Waals surface area contributed by atoms with Crippen molar-refractivity contribution in [3.8, 4) is 0 Å². The van der Waals surface area contributed by atoms with Gasteiger partial charge in [0.25, 0.3) is 0 Å². The van der Waals surface area contributed by atoms with Crippen LogP contribution in [0.3, 0.4) is 0 Å². The molecule has 7 atom stereocenters. The second kappa shape index (κ2) is 6.28. The molecule has 4 saturated carbocycles. The van der Waals surface area contributed by atoms with Crippen molar-refractivity contribution in [2.75, 3.05) is 0 Å². The van der Waals surface area contributed by atoms with E-state index in [1.165, 1.54) is 63.1 Å². The summed E-state index contributed by atoms with van der Waals surface area (Å²) in [5.41, 5.74) is 0.530. The number of aliphatic hydroxyl groups is 1. The Labute approximate surface area is 155 Å². The first-order valence-corrected chi connectivity index (χ1v) is 13.2. The minimum absolute atomic E-state index is 0.225. The molecule has 0 amide bonds. The molecule has 4 rings (SSSR count). The van der Waals surface area contributed by atoms with Crippen molar-refractivity contribution in [2.24, 2.45) is 34.5 Å². The van der Waals surface area contributed by atoms with Crippen LogP contribution < -0.4 is 0 Å². The molecular formula is C22H38OSe. The van der Waals surface area contributed by atoms with Gasteiger partial charge < -0.3 is 0 Å². The van der Waals surface area contributed by atoms with E-state index in [0.717, 1.165) is 35.4 Å². The van der Waals surface area contributed by atoms with Crippen molar-refractivity contribution in [3.63, 3.8) is 0 Å². The zero-order chi connectivity index (χ0) is 17.0. The average Bonchev–Trinajstić information content (AvgIpc) is 2.84. The first-order valence-electron chi connectivity index (χ1n) is 10.7. The molecule has 0 bridgehead atoms. The van der Waals surface area contributed by atoms with E-state index >= 15 is 0 Å². The summed E-state index contributed by atoms with van der Waals surface area (Å²) in [4.78, 5) is 0. The summed E-state index contributed by atoms with van der Waals surface area (Å²) in [6.07, 6.45) is 14.0. The van der Waals surface area contributed by atoms with E-state index < -0.39 is 0 Å². The van der Waals surface area contributed by atoms with E-state index in [2.05, 4.69) is 20.8 Å². The van der Waals surface area contributed by atoms with E-state index in [0.29, 0.717) is 20.4 Å². The minimum atomic E-state index is -0.330. The zero-order valence-corrected chi connectivity index (χ0v) is 17.9. The van der Waals surface area contributed by atoms with Crippen molar-refractivity contribution in [3.05, 3.63) is 0 Å². The topological polar surface area (TPSA) is 20.2 Å². The van der Waals surface area contributed by atoms with Crippen LogP contribution in [0.4, 0.5) is 0 Å². The van der Waals surface area contributed by atoms with Crippen LogP contribution in [0.25, 0.3) is 0 Å². The van der Waals surface area contributed by atoms with E-state index in [-0.39, 0.29) is 11.0 Å². The van der Waals surface area contributed by atoms with Crippen LogP contribution in [0.1, 0.15) is 85.0 Å². The van der Waals surface area contributed by atoms with E-state index in [1.807, 2.05) is 0 Å². The molecule has 0 aromatic carbocycles. The molecule has 0 saturated heterocycles. The Hall–Kier alpha value is 0.479. The molecule has 0 radical (unpaired) electrons. The molecule has 0 aliphatic heterocycles. The van der Waals surface area contributed by atoms with Gasteiger partial charge in [0.2, 0.25) is 0 Å². The molecule has 4 aliphatic rings. The summed E-state index contributed by atoms with van der Waals surface area (Å²) in [6.45, 7) is 7.44. The van der Waals surface area contributed by atoms with Gasteiger partial charge in [-0.25, -0.2) is 0 Å². The molecule has 1 N–H and O–H groups in total. The predicted octanol–water partition coefficient (Wildman–Crippen LogP) is 5.71. The Morgan fingerprint density at radius 3 is 2.50 bits per heavy atom. The molecule has 0 aromatic rings. The molecule has 24 heavy (non-hydrogen) atoms. The molecule has 4 fully saturated rings. The summed E-state index contributed by atoms with van der Waals surface area (Å²) >= 11 is 0.635. The van der Waals surface area contributed by atoms with Gasteiger partial charge in [0.15, 0.2) is 0 Å². The quantitative estimate of drug-likeness (QED) is 0.605.